The number of thiol groups is 1. The molecule has 0 saturated heterocycles. The Kier molecular flexibility index (Phi) is 3.84. The summed E-state index contributed by atoms with van der Waals surface area (Å²) in [5, 5.41) is 12.9. The largest absolute Gasteiger partial charge is 0.396 e. The lowest BCUT2D eigenvalue weighted by atomic mass is 10.4. The number of aliphatic hydroxyl groups excluding tert-OH is 1. The third kappa shape index (κ3) is 2.36. The Morgan fingerprint density at radius 2 is 2.08 bits per heavy atom. The van der Waals surface area contributed by atoms with E-state index in [0.29, 0.717) is 6.42 Å². The van der Waals surface area contributed by atoms with Crippen molar-refractivity contribution in [2.45, 2.75) is 6.42 Å². The van der Waals surface area contributed by atoms with E-state index in [1.165, 1.54) is 0 Å². The van der Waals surface area contributed by atoms with E-state index in [0.717, 1.165) is 11.2 Å². The molecule has 1 aliphatic heterocycles. The number of allylic oxidation sites excluding steroid dienone is 3. The van der Waals surface area contributed by atoms with Gasteiger partial charge in [-0.3, -0.25) is 4.79 Å². The minimum Gasteiger partial charge on any atom is -0.396 e. The van der Waals surface area contributed by atoms with Crippen molar-refractivity contribution >= 4 is 17.2 Å². The second kappa shape index (κ2) is 4.95. The van der Waals surface area contributed by atoms with Crippen LogP contribution in [0.5, 0.6) is 0 Å². The van der Waals surface area contributed by atoms with Gasteiger partial charge in [-0.1, -0.05) is 12.2 Å². The van der Waals surface area contributed by atoms with Crippen LogP contribution in [-0.2, 0) is 4.79 Å². The molecule has 3 heteroatoms. The number of aldehydes is 1. The molecule has 1 aliphatic rings. The first kappa shape index (κ1) is 9.29. The number of hydrogen-bond acceptors (Lipinski definition) is 2. The maximum Gasteiger partial charge on any atom is 0.143 e. The van der Waals surface area contributed by atoms with E-state index >= 15 is 0 Å². The molecule has 0 unspecified atom stereocenters. The van der Waals surface area contributed by atoms with Gasteiger partial charge in [-0.15, -0.1) is 0 Å². The topological polar surface area (TPSA) is 37.3 Å². The summed E-state index contributed by atoms with van der Waals surface area (Å²) in [6, 6.07) is 0. The van der Waals surface area contributed by atoms with Crippen LogP contribution in [0.1, 0.15) is 6.42 Å². The molecule has 12 heavy (non-hydrogen) atoms. The normalized spacial score (nSPS) is 18.8. The van der Waals surface area contributed by atoms with Crippen LogP contribution in [0.4, 0.5) is 0 Å². The summed E-state index contributed by atoms with van der Waals surface area (Å²) < 4.78 is 0. The lowest BCUT2D eigenvalue weighted by Gasteiger charge is -2.12. The fourth-order valence-corrected chi connectivity index (χ4v) is 2.66. The van der Waals surface area contributed by atoms with Crippen molar-refractivity contribution in [1.29, 1.82) is 0 Å². The fraction of sp³-hybridized carbons (Fsp3) is 0.222. The molecular formula is C9H12O2S. The molecule has 0 aromatic carbocycles. The Labute approximate surface area is 74.6 Å². The highest BCUT2D eigenvalue weighted by molar-refractivity contribution is 8.25. The third-order valence-corrected chi connectivity index (χ3v) is 3.59. The van der Waals surface area contributed by atoms with Gasteiger partial charge < -0.3 is 5.11 Å². The quantitative estimate of drug-likeness (QED) is 0.394. The zero-order chi connectivity index (χ0) is 8.81. The van der Waals surface area contributed by atoms with Gasteiger partial charge in [0.25, 0.3) is 0 Å². The van der Waals surface area contributed by atoms with Crippen molar-refractivity contribution in [1.82, 2.24) is 0 Å². The molecule has 0 aliphatic carbocycles. The highest BCUT2D eigenvalue weighted by Crippen LogP contribution is 2.42. The van der Waals surface area contributed by atoms with E-state index in [4.69, 9.17) is 5.11 Å². The Balaban J connectivity index is 2.65. The number of carbonyl (C=O) groups is 1. The van der Waals surface area contributed by atoms with Crippen molar-refractivity contribution in [3.8, 4) is 0 Å². The summed E-state index contributed by atoms with van der Waals surface area (Å²) in [6.07, 6.45) is 6.89. The van der Waals surface area contributed by atoms with Gasteiger partial charge in [0.05, 0.1) is 0 Å². The van der Waals surface area contributed by atoms with E-state index < -0.39 is 10.9 Å². The van der Waals surface area contributed by atoms with Crippen LogP contribution in [0.3, 0.4) is 0 Å². The average molecular weight is 184 g/mol. The Bertz CT molecular complexity index is 229. The average Bonchev–Trinajstić information content (AvgIpc) is 2.56. The summed E-state index contributed by atoms with van der Waals surface area (Å²) in [7, 11) is -0.412. The number of carbonyl (C=O) groups excluding carboxylic acids is 1. The molecule has 0 amide bonds. The number of rotatable bonds is 4. The molecule has 2 nitrogen and oxygen atoms in total. The molecular weight excluding hydrogens is 172 g/mol. The Morgan fingerprint density at radius 3 is 2.58 bits per heavy atom. The molecule has 1 heterocycles. The maximum atomic E-state index is 10.3. The molecule has 0 saturated carbocycles. The van der Waals surface area contributed by atoms with E-state index in [9.17, 15) is 4.79 Å². The van der Waals surface area contributed by atoms with Gasteiger partial charge in [-0.05, 0) is 21.8 Å². The van der Waals surface area contributed by atoms with Crippen LogP contribution in [0.2, 0.25) is 0 Å². The van der Waals surface area contributed by atoms with Crippen LogP contribution in [-0.4, -0.2) is 18.0 Å². The van der Waals surface area contributed by atoms with Crippen LogP contribution < -0.4 is 0 Å². The van der Waals surface area contributed by atoms with Crippen molar-refractivity contribution in [2.75, 3.05) is 6.61 Å². The molecule has 1 N–H and O–H groups in total. The number of aliphatic hydroxyl groups is 1. The van der Waals surface area contributed by atoms with Crippen molar-refractivity contribution < 1.29 is 9.90 Å². The summed E-state index contributed by atoms with van der Waals surface area (Å²) in [4.78, 5) is 11.3. The standard InChI is InChI=1S/C9H12O2S/c10-5-3-9(4-6-11)12-7-1-2-8-12/h1-3,5,7-8,11-12H,4,6H2. The molecule has 0 aromatic heterocycles. The molecule has 0 spiro atoms. The molecule has 0 radical (unpaired) electrons. The summed E-state index contributed by atoms with van der Waals surface area (Å²) in [5.41, 5.74) is 0. The van der Waals surface area contributed by atoms with Gasteiger partial charge in [0.1, 0.15) is 6.29 Å². The second-order valence-electron chi connectivity index (χ2n) is 2.36. The maximum absolute atomic E-state index is 10.3. The summed E-state index contributed by atoms with van der Waals surface area (Å²) in [5.74, 6) is 0. The van der Waals surface area contributed by atoms with Gasteiger partial charge in [-0.25, -0.2) is 0 Å². The van der Waals surface area contributed by atoms with Crippen LogP contribution in [0.25, 0.3) is 0 Å². The highest BCUT2D eigenvalue weighted by Gasteiger charge is 2.04. The fourth-order valence-electron chi connectivity index (χ4n) is 1.02. The van der Waals surface area contributed by atoms with Crippen LogP contribution in [0, 0.1) is 0 Å². The van der Waals surface area contributed by atoms with E-state index in [2.05, 4.69) is 10.8 Å². The zero-order valence-corrected chi connectivity index (χ0v) is 7.58. The lowest BCUT2D eigenvalue weighted by Crippen LogP contribution is -1.87. The predicted octanol–water partition coefficient (Wildman–Crippen LogP) is 1.49. The first-order valence-corrected chi connectivity index (χ1v) is 5.25. The molecule has 66 valence electrons. The van der Waals surface area contributed by atoms with Gasteiger partial charge in [0, 0.05) is 13.0 Å². The van der Waals surface area contributed by atoms with E-state index in [1.807, 2.05) is 12.2 Å². The van der Waals surface area contributed by atoms with Gasteiger partial charge in [-0.2, -0.15) is 10.9 Å². The summed E-state index contributed by atoms with van der Waals surface area (Å²) in [6.45, 7) is 0.111. The van der Waals surface area contributed by atoms with Crippen molar-refractivity contribution in [2.24, 2.45) is 0 Å². The van der Waals surface area contributed by atoms with Crippen LogP contribution >= 0.6 is 10.9 Å². The van der Waals surface area contributed by atoms with Gasteiger partial charge in [0.15, 0.2) is 0 Å². The number of hydrogen-bond donors (Lipinski definition) is 2. The van der Waals surface area contributed by atoms with Crippen molar-refractivity contribution in [3.63, 3.8) is 0 Å². The monoisotopic (exact) mass is 184 g/mol. The summed E-state index contributed by atoms with van der Waals surface area (Å²) >= 11 is 0. The molecule has 1 rings (SSSR count). The first-order valence-electron chi connectivity index (χ1n) is 3.77. The van der Waals surface area contributed by atoms with E-state index in [-0.39, 0.29) is 6.61 Å². The Morgan fingerprint density at radius 1 is 1.42 bits per heavy atom. The zero-order valence-electron chi connectivity index (χ0n) is 6.68. The lowest BCUT2D eigenvalue weighted by molar-refractivity contribution is -0.104. The Hall–Kier alpha value is -0.800. The minimum absolute atomic E-state index is 0.111. The smallest absolute Gasteiger partial charge is 0.143 e. The van der Waals surface area contributed by atoms with Crippen molar-refractivity contribution in [3.05, 3.63) is 33.9 Å². The second-order valence-corrected chi connectivity index (χ2v) is 4.34. The highest BCUT2D eigenvalue weighted by atomic mass is 32.2. The molecule has 0 fully saturated rings. The van der Waals surface area contributed by atoms with Gasteiger partial charge in [0.2, 0.25) is 0 Å². The predicted molar refractivity (Wildman–Crippen MR) is 53.1 cm³/mol. The molecule has 0 atom stereocenters. The SMILES string of the molecule is O=CC=C(CCO)[SH]1C=CC=C1. The van der Waals surface area contributed by atoms with Crippen LogP contribution in [0.15, 0.2) is 33.9 Å². The third-order valence-electron chi connectivity index (χ3n) is 1.56. The minimum atomic E-state index is -0.412. The van der Waals surface area contributed by atoms with E-state index in [1.54, 1.807) is 6.08 Å². The first-order chi connectivity index (χ1) is 5.88. The molecule has 0 aromatic rings. The van der Waals surface area contributed by atoms with Gasteiger partial charge >= 0.3 is 0 Å². The molecule has 0 bridgehead atoms.